The Kier molecular flexibility index (Phi) is 17.7. The average Bonchev–Trinajstić information content (AvgIpc) is 3.04. The Morgan fingerprint density at radius 3 is 1.38 bits per heavy atom. The summed E-state index contributed by atoms with van der Waals surface area (Å²) in [6, 6.07) is 8.07. The van der Waals surface area contributed by atoms with Gasteiger partial charge in [-0.3, -0.25) is 19.8 Å². The van der Waals surface area contributed by atoms with Gasteiger partial charge in [-0.25, -0.2) is 0 Å². The van der Waals surface area contributed by atoms with Crippen molar-refractivity contribution in [3.05, 3.63) is 59.2 Å². The van der Waals surface area contributed by atoms with Crippen LogP contribution in [0.3, 0.4) is 0 Å². The van der Waals surface area contributed by atoms with E-state index in [1.54, 1.807) is 22.2 Å². The fourth-order valence-electron chi connectivity index (χ4n) is 4.29. The van der Waals surface area contributed by atoms with Crippen molar-refractivity contribution in [1.82, 2.24) is 29.6 Å². The summed E-state index contributed by atoms with van der Waals surface area (Å²) in [5.74, 6) is 0. The molecule has 2 fully saturated rings. The number of amidine groups is 2. The van der Waals surface area contributed by atoms with Gasteiger partial charge in [-0.1, -0.05) is 12.1 Å². The molecule has 2 aliphatic heterocycles. The van der Waals surface area contributed by atoms with Crippen LogP contribution in [0.15, 0.2) is 57.1 Å². The smallest absolute Gasteiger partial charge is 0.741 e. The van der Waals surface area contributed by atoms with Crippen molar-refractivity contribution in [1.29, 1.82) is 0 Å². The number of aromatic nitrogens is 2. The Balaban J connectivity index is 0.000000307. The number of hydrogen-bond donors (Lipinski definition) is 0. The Morgan fingerprint density at radius 1 is 0.689 bits per heavy atom. The van der Waals surface area contributed by atoms with E-state index in [4.69, 9.17) is 34.7 Å². The summed E-state index contributed by atoms with van der Waals surface area (Å²) in [4.78, 5) is 17.1. The molecule has 0 spiro atoms. The Morgan fingerprint density at radius 2 is 1.04 bits per heavy atom. The first-order chi connectivity index (χ1) is 21.2. The van der Waals surface area contributed by atoms with E-state index in [0.29, 0.717) is 10.3 Å². The van der Waals surface area contributed by atoms with Crippen molar-refractivity contribution in [2.45, 2.75) is 26.9 Å². The minimum atomic E-state index is 0. The molecule has 2 aromatic rings. The Bertz CT molecular complexity index is 1210. The molecule has 0 unspecified atom stereocenters. The van der Waals surface area contributed by atoms with Crippen LogP contribution in [0, 0.1) is 0 Å². The number of nitrogens with zero attached hydrogens (tertiary/aromatic N) is 10. The first kappa shape index (κ1) is 38.7. The zero-order valence-electron chi connectivity index (χ0n) is 27.3. The van der Waals surface area contributed by atoms with E-state index in [1.807, 2.05) is 54.2 Å². The van der Waals surface area contributed by atoms with E-state index in [2.05, 4.69) is 52.3 Å². The van der Waals surface area contributed by atoms with Crippen LogP contribution in [0.1, 0.15) is 36.4 Å². The van der Waals surface area contributed by atoms with E-state index in [-0.39, 0.29) is 19.5 Å². The van der Waals surface area contributed by atoms with Gasteiger partial charge in [0.15, 0.2) is 0 Å². The van der Waals surface area contributed by atoms with Crippen LogP contribution in [-0.2, 0) is 67.3 Å². The van der Waals surface area contributed by atoms with Gasteiger partial charge in [-0.05, 0) is 37.1 Å². The zero-order chi connectivity index (χ0) is 31.9. The third-order valence-electron chi connectivity index (χ3n) is 6.80. The maximum atomic E-state index is 5.39. The van der Waals surface area contributed by atoms with E-state index >= 15 is 0 Å². The van der Waals surface area contributed by atoms with Crippen LogP contribution < -0.4 is 0 Å². The van der Waals surface area contributed by atoms with E-state index in [9.17, 15) is 0 Å². The van der Waals surface area contributed by atoms with Crippen LogP contribution >= 0.6 is 0 Å². The van der Waals surface area contributed by atoms with Crippen LogP contribution in [0.25, 0.3) is 0 Å². The molecule has 0 aliphatic carbocycles. The predicted molar refractivity (Wildman–Crippen MR) is 182 cm³/mol. The molecule has 0 amide bonds. The minimum absolute atomic E-state index is 0. The normalized spacial score (nSPS) is 17.2. The maximum Gasteiger partial charge on any atom is 2.00 e. The van der Waals surface area contributed by atoms with Gasteiger partial charge < -0.3 is 44.5 Å². The molecule has 0 saturated carbocycles. The second-order valence-corrected chi connectivity index (χ2v) is 11.5. The van der Waals surface area contributed by atoms with E-state index < -0.39 is 0 Å². The molecule has 4 heterocycles. The summed E-state index contributed by atoms with van der Waals surface area (Å²) in [7, 11) is 7.39. The fourth-order valence-corrected chi connectivity index (χ4v) is 4.38. The van der Waals surface area contributed by atoms with Gasteiger partial charge in [0.05, 0.1) is 49.2 Å². The molecule has 0 aromatic carbocycles. The van der Waals surface area contributed by atoms with Gasteiger partial charge in [0.1, 0.15) is 0 Å². The SMILES string of the molecule is C/C(=N\N=C([S-])N(C)C)c1ncccc1CN1CCOCC1.C/C(=N\N=C([S-])N(C)C)c1ncccc1CN1CCOCC1.[Zn+2]. The van der Waals surface area contributed by atoms with Gasteiger partial charge in [0.2, 0.25) is 0 Å². The van der Waals surface area contributed by atoms with Gasteiger partial charge in [0, 0.05) is 90.2 Å². The predicted octanol–water partition coefficient (Wildman–Crippen LogP) is 2.20. The number of pyridine rings is 2. The van der Waals surface area contributed by atoms with Crippen LogP contribution in [0.5, 0.6) is 0 Å². The molecule has 2 saturated heterocycles. The molecule has 4 rings (SSSR count). The standard InChI is InChI=1S/2C15H23N5OS.Zn/c2*1-12(17-18-15(22)19(2)3)14-13(5-4-6-16-14)11-20-7-9-21-10-8-20;/h2*4-6H,7-11H2,1-3H3,(H,18,22);/q;;+2/p-2/b2*17-12+;. The van der Waals surface area contributed by atoms with Crippen molar-refractivity contribution < 1.29 is 29.0 Å². The summed E-state index contributed by atoms with van der Waals surface area (Å²) in [6.07, 6.45) is 3.56. The first-order valence-electron chi connectivity index (χ1n) is 14.6. The Hall–Kier alpha value is -2.52. The summed E-state index contributed by atoms with van der Waals surface area (Å²) in [5, 5.41) is 17.5. The molecule has 0 N–H and O–H groups in total. The minimum Gasteiger partial charge on any atom is -0.741 e. The molecule has 15 heteroatoms. The maximum absolute atomic E-state index is 5.39. The van der Waals surface area contributed by atoms with Crippen molar-refractivity contribution in [3.8, 4) is 0 Å². The summed E-state index contributed by atoms with van der Waals surface area (Å²) < 4.78 is 10.8. The quantitative estimate of drug-likeness (QED) is 0.134. The second-order valence-electron chi connectivity index (χ2n) is 10.7. The number of morpholine rings is 2. The molecule has 45 heavy (non-hydrogen) atoms. The van der Waals surface area contributed by atoms with Crippen LogP contribution in [0.4, 0.5) is 0 Å². The molecule has 0 atom stereocenters. The van der Waals surface area contributed by atoms with Gasteiger partial charge in [0.25, 0.3) is 0 Å². The third kappa shape index (κ3) is 13.4. The summed E-state index contributed by atoms with van der Waals surface area (Å²) in [5.41, 5.74) is 5.59. The zero-order valence-corrected chi connectivity index (χ0v) is 31.9. The van der Waals surface area contributed by atoms with Crippen LogP contribution in [0.2, 0.25) is 0 Å². The average molecular weight is 706 g/mol. The van der Waals surface area contributed by atoms with Crippen molar-refractivity contribution in [2.75, 3.05) is 80.8 Å². The van der Waals surface area contributed by atoms with E-state index in [1.165, 1.54) is 0 Å². The molecular weight excluding hydrogens is 662 g/mol. The number of rotatable bonds is 8. The number of ether oxygens (including phenoxy) is 2. The van der Waals surface area contributed by atoms with Crippen LogP contribution in [-0.4, -0.2) is 132 Å². The molecular formula is C30H44N10O2S2Zn. The number of hydrogen-bond acceptors (Lipinski definition) is 12. The second kappa shape index (κ2) is 20.6. The van der Waals surface area contributed by atoms with Gasteiger partial charge in [-0.2, -0.15) is 20.4 Å². The van der Waals surface area contributed by atoms with Crippen molar-refractivity contribution in [2.24, 2.45) is 20.4 Å². The fraction of sp³-hybridized carbons (Fsp3) is 0.533. The molecule has 240 valence electrons. The topological polar surface area (TPSA) is 107 Å². The third-order valence-corrected chi connectivity index (χ3v) is 7.69. The molecule has 2 aromatic heterocycles. The molecule has 0 radical (unpaired) electrons. The van der Waals surface area contributed by atoms with Gasteiger partial charge in [-0.15, -0.1) is 0 Å². The van der Waals surface area contributed by atoms with Crippen molar-refractivity contribution >= 4 is 47.0 Å². The largest absolute Gasteiger partial charge is 2.00 e. The van der Waals surface area contributed by atoms with Crippen molar-refractivity contribution in [3.63, 3.8) is 0 Å². The molecule has 0 bridgehead atoms. The molecule has 2 aliphatic rings. The van der Waals surface area contributed by atoms with E-state index in [0.717, 1.165) is 99.6 Å². The first-order valence-corrected chi connectivity index (χ1v) is 15.4. The summed E-state index contributed by atoms with van der Waals surface area (Å²) in [6.45, 7) is 12.4. The van der Waals surface area contributed by atoms with Gasteiger partial charge >= 0.3 is 19.5 Å². The summed E-state index contributed by atoms with van der Waals surface area (Å²) >= 11 is 10.2. The Labute approximate surface area is 291 Å². The monoisotopic (exact) mass is 704 g/mol. The molecule has 12 nitrogen and oxygen atoms in total.